The van der Waals surface area contributed by atoms with Crippen molar-refractivity contribution in [2.75, 3.05) is 6.61 Å². The number of esters is 1. The van der Waals surface area contributed by atoms with E-state index in [1.165, 1.54) is 51.4 Å². The number of epoxide rings is 1. The number of hydrogen-bond donors (Lipinski definition) is 0. The van der Waals surface area contributed by atoms with Crippen LogP contribution in [0.5, 0.6) is 0 Å². The Labute approximate surface area is 140 Å². The maximum atomic E-state index is 11.8. The molecule has 0 unspecified atom stereocenters. The van der Waals surface area contributed by atoms with Gasteiger partial charge < -0.3 is 9.47 Å². The van der Waals surface area contributed by atoms with E-state index in [2.05, 4.69) is 6.92 Å². The summed E-state index contributed by atoms with van der Waals surface area (Å²) < 4.78 is 10.9. The Balaban J connectivity index is 1.44. The van der Waals surface area contributed by atoms with Crippen molar-refractivity contribution in [3.05, 3.63) is 35.9 Å². The van der Waals surface area contributed by atoms with Gasteiger partial charge in [0, 0.05) is 0 Å². The Kier molecular flexibility index (Phi) is 8.16. The summed E-state index contributed by atoms with van der Waals surface area (Å²) >= 11 is 0. The molecule has 1 aromatic carbocycles. The van der Waals surface area contributed by atoms with Crippen molar-refractivity contribution >= 4 is 5.97 Å². The lowest BCUT2D eigenvalue weighted by atomic mass is 10.1. The molecule has 1 aromatic rings. The second-order valence-electron chi connectivity index (χ2n) is 6.44. The van der Waals surface area contributed by atoms with Crippen molar-refractivity contribution in [1.82, 2.24) is 0 Å². The number of carbonyl (C=O) groups excluding carboxylic acids is 1. The molecule has 2 rings (SSSR count). The Bertz CT molecular complexity index is 443. The van der Waals surface area contributed by atoms with E-state index in [1.807, 2.05) is 18.2 Å². The van der Waals surface area contributed by atoms with Crippen molar-refractivity contribution in [3.63, 3.8) is 0 Å². The van der Waals surface area contributed by atoms with Crippen LogP contribution in [-0.2, 0) is 9.47 Å². The molecule has 0 aromatic heterocycles. The molecule has 0 saturated carbocycles. The van der Waals surface area contributed by atoms with Crippen molar-refractivity contribution < 1.29 is 14.3 Å². The number of unbranched alkanes of at least 4 members (excludes halogenated alkanes) is 7. The van der Waals surface area contributed by atoms with Crippen LogP contribution in [0.2, 0.25) is 0 Å². The molecule has 1 aliphatic heterocycles. The molecule has 128 valence electrons. The van der Waals surface area contributed by atoms with Crippen LogP contribution in [0.1, 0.15) is 75.1 Å². The van der Waals surface area contributed by atoms with Gasteiger partial charge in [0.1, 0.15) is 12.7 Å². The fourth-order valence-electron chi connectivity index (χ4n) is 2.87. The number of ether oxygens (including phenoxy) is 2. The average molecular weight is 318 g/mol. The predicted molar refractivity (Wildman–Crippen MR) is 92.6 cm³/mol. The topological polar surface area (TPSA) is 38.8 Å². The van der Waals surface area contributed by atoms with Crippen LogP contribution in [-0.4, -0.2) is 24.8 Å². The van der Waals surface area contributed by atoms with Gasteiger partial charge in [0.15, 0.2) is 0 Å². The molecule has 2 atom stereocenters. The molecule has 1 fully saturated rings. The lowest BCUT2D eigenvalue weighted by Gasteiger charge is -2.02. The van der Waals surface area contributed by atoms with Crippen LogP contribution in [0, 0.1) is 0 Å². The van der Waals surface area contributed by atoms with Gasteiger partial charge in [-0.1, -0.05) is 76.5 Å². The maximum Gasteiger partial charge on any atom is 0.338 e. The Hall–Kier alpha value is -1.35. The molecule has 0 amide bonds. The smallest absolute Gasteiger partial charge is 0.338 e. The van der Waals surface area contributed by atoms with E-state index in [4.69, 9.17) is 9.47 Å². The van der Waals surface area contributed by atoms with Crippen molar-refractivity contribution in [2.24, 2.45) is 0 Å². The average Bonchev–Trinajstić information content (AvgIpc) is 3.34. The third-order valence-electron chi connectivity index (χ3n) is 4.42. The molecule has 0 aliphatic carbocycles. The van der Waals surface area contributed by atoms with Crippen molar-refractivity contribution in [2.45, 2.75) is 76.9 Å². The minimum absolute atomic E-state index is 0.118. The highest BCUT2D eigenvalue weighted by atomic mass is 16.6. The number of carbonyl (C=O) groups is 1. The van der Waals surface area contributed by atoms with E-state index >= 15 is 0 Å². The fourth-order valence-corrected chi connectivity index (χ4v) is 2.87. The predicted octanol–water partition coefficient (Wildman–Crippen LogP) is 5.14. The Morgan fingerprint density at radius 3 is 2.30 bits per heavy atom. The highest BCUT2D eigenvalue weighted by Gasteiger charge is 2.39. The van der Waals surface area contributed by atoms with E-state index in [0.717, 1.165) is 6.42 Å². The van der Waals surface area contributed by atoms with Crippen LogP contribution in [0.3, 0.4) is 0 Å². The molecule has 3 heteroatoms. The van der Waals surface area contributed by atoms with Gasteiger partial charge in [-0.25, -0.2) is 4.79 Å². The molecule has 0 N–H and O–H groups in total. The van der Waals surface area contributed by atoms with E-state index in [0.29, 0.717) is 18.3 Å². The normalized spacial score (nSPS) is 19.5. The van der Waals surface area contributed by atoms with Gasteiger partial charge >= 0.3 is 5.97 Å². The standard InChI is InChI=1S/C20H30O3/c1-2-3-4-5-6-7-8-12-15-18-19(23-18)16-22-20(21)17-13-10-9-11-14-17/h9-11,13-14,18-19H,2-8,12,15-16H2,1H3/t18-,19+/m1/s1. The molecule has 0 bridgehead atoms. The summed E-state index contributed by atoms with van der Waals surface area (Å²) in [5.41, 5.74) is 0.604. The summed E-state index contributed by atoms with van der Waals surface area (Å²) in [7, 11) is 0. The highest BCUT2D eigenvalue weighted by Crippen LogP contribution is 2.28. The van der Waals surface area contributed by atoms with Crippen molar-refractivity contribution in [3.8, 4) is 0 Å². The summed E-state index contributed by atoms with van der Waals surface area (Å²) in [6.07, 6.45) is 12.2. The molecule has 23 heavy (non-hydrogen) atoms. The lowest BCUT2D eigenvalue weighted by molar-refractivity contribution is 0.0476. The van der Waals surface area contributed by atoms with Gasteiger partial charge in [-0.05, 0) is 18.6 Å². The quantitative estimate of drug-likeness (QED) is 0.304. The largest absolute Gasteiger partial charge is 0.459 e. The first-order valence-electron chi connectivity index (χ1n) is 9.19. The maximum absolute atomic E-state index is 11.8. The summed E-state index contributed by atoms with van der Waals surface area (Å²) in [5, 5.41) is 0. The van der Waals surface area contributed by atoms with Crippen LogP contribution in [0.4, 0.5) is 0 Å². The minimum Gasteiger partial charge on any atom is -0.459 e. The number of hydrogen-bond acceptors (Lipinski definition) is 3. The van der Waals surface area contributed by atoms with Gasteiger partial charge in [0.25, 0.3) is 0 Å². The molecule has 0 spiro atoms. The van der Waals surface area contributed by atoms with E-state index in [9.17, 15) is 4.79 Å². The summed E-state index contributed by atoms with van der Waals surface area (Å²) in [6.45, 7) is 2.64. The molecular formula is C20H30O3. The monoisotopic (exact) mass is 318 g/mol. The third-order valence-corrected chi connectivity index (χ3v) is 4.42. The van der Waals surface area contributed by atoms with Gasteiger partial charge in [-0.3, -0.25) is 0 Å². The zero-order chi connectivity index (χ0) is 16.3. The zero-order valence-electron chi connectivity index (χ0n) is 14.3. The molecule has 0 radical (unpaired) electrons. The second-order valence-corrected chi connectivity index (χ2v) is 6.44. The van der Waals surface area contributed by atoms with Crippen LogP contribution < -0.4 is 0 Å². The molecule has 1 saturated heterocycles. The minimum atomic E-state index is -0.257. The SMILES string of the molecule is CCCCCCCCCC[C@H]1O[C@H]1COC(=O)c1ccccc1. The van der Waals surface area contributed by atoms with Gasteiger partial charge in [-0.15, -0.1) is 0 Å². The van der Waals surface area contributed by atoms with Gasteiger partial charge in [-0.2, -0.15) is 0 Å². The van der Waals surface area contributed by atoms with E-state index in [1.54, 1.807) is 12.1 Å². The molecule has 3 nitrogen and oxygen atoms in total. The van der Waals surface area contributed by atoms with Crippen LogP contribution in [0.25, 0.3) is 0 Å². The summed E-state index contributed by atoms with van der Waals surface area (Å²) in [4.78, 5) is 11.8. The number of benzene rings is 1. The molecule has 1 heterocycles. The first kappa shape index (κ1) is 18.0. The van der Waals surface area contributed by atoms with E-state index in [-0.39, 0.29) is 12.1 Å². The van der Waals surface area contributed by atoms with Gasteiger partial charge in [0.05, 0.1) is 11.7 Å². The highest BCUT2D eigenvalue weighted by molar-refractivity contribution is 5.89. The lowest BCUT2D eigenvalue weighted by Crippen LogP contribution is -2.11. The summed E-state index contributed by atoms with van der Waals surface area (Å²) in [5.74, 6) is -0.257. The second kappa shape index (κ2) is 10.4. The molecule has 1 aliphatic rings. The molecular weight excluding hydrogens is 288 g/mol. The van der Waals surface area contributed by atoms with Gasteiger partial charge in [0.2, 0.25) is 0 Å². The zero-order valence-corrected chi connectivity index (χ0v) is 14.3. The first-order valence-corrected chi connectivity index (χ1v) is 9.19. The fraction of sp³-hybridized carbons (Fsp3) is 0.650. The van der Waals surface area contributed by atoms with E-state index < -0.39 is 0 Å². The van der Waals surface area contributed by atoms with Crippen molar-refractivity contribution in [1.29, 1.82) is 0 Å². The first-order chi connectivity index (χ1) is 11.3. The Morgan fingerprint density at radius 1 is 0.957 bits per heavy atom. The third kappa shape index (κ3) is 7.17. The van der Waals surface area contributed by atoms with Crippen LogP contribution in [0.15, 0.2) is 30.3 Å². The van der Waals surface area contributed by atoms with Crippen LogP contribution >= 0.6 is 0 Å². The summed E-state index contributed by atoms with van der Waals surface area (Å²) in [6, 6.07) is 9.12. The number of rotatable bonds is 12. The Morgan fingerprint density at radius 2 is 1.61 bits per heavy atom.